The Morgan fingerprint density at radius 2 is 2.00 bits per heavy atom. The number of piperidine rings is 1. The Morgan fingerprint density at radius 1 is 1.24 bits per heavy atom. The van der Waals surface area contributed by atoms with Gasteiger partial charge in [-0.2, -0.15) is 5.10 Å². The molecule has 12 heteroatoms. The number of hydrogen-bond acceptors (Lipinski definition) is 6. The van der Waals surface area contributed by atoms with Crippen LogP contribution in [0.15, 0.2) is 24.4 Å². The van der Waals surface area contributed by atoms with Gasteiger partial charge >= 0.3 is 0 Å². The number of benzene rings is 1. The molecule has 0 atom stereocenters. The number of nitrogens with zero attached hydrogens (tertiary/aromatic N) is 2. The zero-order valence-corrected chi connectivity index (χ0v) is 18.7. The van der Waals surface area contributed by atoms with Crippen LogP contribution in [0.5, 0.6) is 0 Å². The van der Waals surface area contributed by atoms with E-state index in [9.17, 15) is 22.0 Å². The summed E-state index contributed by atoms with van der Waals surface area (Å²) >= 11 is 0. The predicted octanol–water partition coefficient (Wildman–Crippen LogP) is 3.11. The summed E-state index contributed by atoms with van der Waals surface area (Å²) in [6.45, 7) is 3.40. The molecule has 1 fully saturated rings. The lowest BCUT2D eigenvalue weighted by Crippen LogP contribution is -2.26. The molecule has 1 aliphatic rings. The monoisotopic (exact) mass is 478 g/mol. The maximum absolute atomic E-state index is 14.9. The van der Waals surface area contributed by atoms with Crippen molar-refractivity contribution in [3.05, 3.63) is 47.3 Å². The second kappa shape index (κ2) is 9.40. The molecule has 0 saturated carbocycles. The van der Waals surface area contributed by atoms with E-state index in [-0.39, 0.29) is 17.4 Å². The molecule has 1 aliphatic heterocycles. The van der Waals surface area contributed by atoms with E-state index in [4.69, 9.17) is 0 Å². The summed E-state index contributed by atoms with van der Waals surface area (Å²) in [6, 6.07) is 3.44. The molecule has 33 heavy (non-hydrogen) atoms. The summed E-state index contributed by atoms with van der Waals surface area (Å²) in [4.78, 5) is 17.0. The summed E-state index contributed by atoms with van der Waals surface area (Å²) in [5.41, 5.74) is 0.232. The van der Waals surface area contributed by atoms with Gasteiger partial charge < -0.3 is 10.6 Å². The van der Waals surface area contributed by atoms with Crippen LogP contribution in [0.25, 0.3) is 11.0 Å². The van der Waals surface area contributed by atoms with Crippen molar-refractivity contribution in [1.82, 2.24) is 20.5 Å². The third-order valence-electron chi connectivity index (χ3n) is 5.49. The molecule has 9 nitrogen and oxygen atoms in total. The maximum Gasteiger partial charge on any atom is 0.261 e. The summed E-state index contributed by atoms with van der Waals surface area (Å²) in [6.07, 6.45) is 3.49. The molecular weight excluding hydrogens is 454 g/mol. The zero-order valence-electron chi connectivity index (χ0n) is 17.9. The lowest BCUT2D eigenvalue weighted by atomic mass is 9.93. The van der Waals surface area contributed by atoms with Gasteiger partial charge in [0.2, 0.25) is 10.0 Å². The van der Waals surface area contributed by atoms with Crippen molar-refractivity contribution >= 4 is 38.3 Å². The minimum atomic E-state index is -3.82. The smallest absolute Gasteiger partial charge is 0.261 e. The molecule has 0 aliphatic carbocycles. The quantitative estimate of drug-likeness (QED) is 0.413. The van der Waals surface area contributed by atoms with Gasteiger partial charge in [0.1, 0.15) is 11.4 Å². The van der Waals surface area contributed by atoms with Crippen molar-refractivity contribution in [2.75, 3.05) is 28.9 Å². The van der Waals surface area contributed by atoms with Crippen molar-refractivity contribution < 1.29 is 22.0 Å². The molecule has 176 valence electrons. The molecular formula is C21H24F2N6O3S. The molecule has 4 N–H and O–H groups in total. The van der Waals surface area contributed by atoms with Gasteiger partial charge in [-0.25, -0.2) is 22.2 Å². The van der Waals surface area contributed by atoms with E-state index in [0.717, 1.165) is 49.1 Å². The molecule has 0 bridgehead atoms. The van der Waals surface area contributed by atoms with Crippen LogP contribution < -0.4 is 15.4 Å². The van der Waals surface area contributed by atoms with E-state index in [1.807, 2.05) is 0 Å². The van der Waals surface area contributed by atoms with Crippen LogP contribution in [0.1, 0.15) is 48.2 Å². The van der Waals surface area contributed by atoms with Gasteiger partial charge in [0.05, 0.1) is 29.0 Å². The van der Waals surface area contributed by atoms with Crippen LogP contribution in [0, 0.1) is 11.6 Å². The molecule has 1 aromatic carbocycles. The van der Waals surface area contributed by atoms with E-state index in [1.54, 1.807) is 13.0 Å². The van der Waals surface area contributed by atoms with Gasteiger partial charge in [-0.15, -0.1) is 0 Å². The first kappa shape index (κ1) is 23.1. The van der Waals surface area contributed by atoms with Crippen LogP contribution in [0.3, 0.4) is 0 Å². The molecule has 2 aromatic heterocycles. The van der Waals surface area contributed by atoms with E-state index in [2.05, 4.69) is 30.5 Å². The highest BCUT2D eigenvalue weighted by Crippen LogP contribution is 2.30. The fourth-order valence-corrected chi connectivity index (χ4v) is 5.05. The van der Waals surface area contributed by atoms with Crippen LogP contribution in [0.2, 0.25) is 0 Å². The Hall–Kier alpha value is -3.12. The lowest BCUT2D eigenvalue weighted by molar-refractivity contribution is 0.101. The summed E-state index contributed by atoms with van der Waals surface area (Å²) < 4.78 is 55.3. The Morgan fingerprint density at radius 3 is 2.73 bits per heavy atom. The van der Waals surface area contributed by atoms with E-state index in [0.29, 0.717) is 12.1 Å². The number of sulfonamides is 1. The van der Waals surface area contributed by atoms with Crippen molar-refractivity contribution in [2.24, 2.45) is 0 Å². The van der Waals surface area contributed by atoms with Crippen LogP contribution >= 0.6 is 0 Å². The van der Waals surface area contributed by atoms with Gasteiger partial charge in [-0.1, -0.05) is 6.92 Å². The first-order valence-corrected chi connectivity index (χ1v) is 12.3. The lowest BCUT2D eigenvalue weighted by Gasteiger charge is -2.21. The average Bonchev–Trinajstić information content (AvgIpc) is 3.19. The molecule has 0 radical (unpaired) electrons. The number of carbonyl (C=O) groups excluding carboxylic acids is 1. The van der Waals surface area contributed by atoms with Gasteiger partial charge in [0.15, 0.2) is 11.5 Å². The molecule has 1 amide bonds. The Bertz CT molecular complexity index is 1290. The first-order chi connectivity index (χ1) is 15.8. The van der Waals surface area contributed by atoms with E-state index >= 15 is 0 Å². The van der Waals surface area contributed by atoms with Crippen LogP contribution in [-0.2, 0) is 10.0 Å². The number of pyridine rings is 1. The van der Waals surface area contributed by atoms with Crippen molar-refractivity contribution in [2.45, 2.75) is 32.1 Å². The third kappa shape index (κ3) is 4.96. The summed E-state index contributed by atoms with van der Waals surface area (Å²) in [5.74, 6) is -3.47. The van der Waals surface area contributed by atoms with E-state index < -0.39 is 38.8 Å². The Kier molecular flexibility index (Phi) is 6.56. The second-order valence-electron chi connectivity index (χ2n) is 7.91. The fraction of sp³-hybridized carbons (Fsp3) is 0.381. The normalized spacial score (nSPS) is 15.0. The standard InChI is InChI=1S/C21H24F2N6O3S/c1-2-9-33(31,32)29-16-4-3-15(22)17(18(16)23)21(30)26-13-10-14-19(12-5-7-24-8-6-12)27-28-20(14)25-11-13/h3-4,10-12,24,29H,2,5-9H2,1H3,(H,26,30)(H,25,27,28). The molecule has 0 spiro atoms. The largest absolute Gasteiger partial charge is 0.320 e. The van der Waals surface area contributed by atoms with Gasteiger partial charge in [0.25, 0.3) is 5.91 Å². The first-order valence-electron chi connectivity index (χ1n) is 10.6. The van der Waals surface area contributed by atoms with E-state index in [1.165, 1.54) is 6.20 Å². The van der Waals surface area contributed by atoms with Crippen molar-refractivity contribution in [3.8, 4) is 0 Å². The number of aromatic amines is 1. The SMILES string of the molecule is CCCS(=O)(=O)Nc1ccc(F)c(C(=O)Nc2cnc3[nH]nc(C4CCNCC4)c3c2)c1F. The minimum absolute atomic E-state index is 0.232. The number of nitrogens with one attached hydrogen (secondary N) is 4. The molecule has 0 unspecified atom stereocenters. The molecule has 4 rings (SSSR count). The number of rotatable bonds is 7. The highest BCUT2D eigenvalue weighted by Gasteiger charge is 2.24. The minimum Gasteiger partial charge on any atom is -0.320 e. The maximum atomic E-state index is 14.9. The van der Waals surface area contributed by atoms with Crippen LogP contribution in [-0.4, -0.2) is 48.3 Å². The number of H-pyrrole nitrogens is 1. The molecule has 3 aromatic rings. The number of amides is 1. The van der Waals surface area contributed by atoms with Gasteiger partial charge in [-0.05, 0) is 50.6 Å². The number of hydrogen-bond donors (Lipinski definition) is 4. The second-order valence-corrected chi connectivity index (χ2v) is 9.75. The zero-order chi connectivity index (χ0) is 23.6. The van der Waals surface area contributed by atoms with Crippen molar-refractivity contribution in [3.63, 3.8) is 0 Å². The Balaban J connectivity index is 1.61. The number of anilines is 2. The number of carbonyl (C=O) groups is 1. The van der Waals surface area contributed by atoms with Gasteiger partial charge in [0, 0.05) is 11.3 Å². The number of aromatic nitrogens is 3. The third-order valence-corrected chi connectivity index (χ3v) is 6.96. The topological polar surface area (TPSA) is 129 Å². The average molecular weight is 479 g/mol. The number of halogens is 2. The fourth-order valence-electron chi connectivity index (χ4n) is 3.92. The highest BCUT2D eigenvalue weighted by molar-refractivity contribution is 7.92. The number of fused-ring (bicyclic) bond motifs is 1. The van der Waals surface area contributed by atoms with Crippen molar-refractivity contribution in [1.29, 1.82) is 0 Å². The predicted molar refractivity (Wildman–Crippen MR) is 121 cm³/mol. The van der Waals surface area contributed by atoms with Crippen LogP contribution in [0.4, 0.5) is 20.2 Å². The van der Waals surface area contributed by atoms with Gasteiger partial charge in [-0.3, -0.25) is 14.6 Å². The summed E-state index contributed by atoms with van der Waals surface area (Å²) in [7, 11) is -3.82. The Labute approximate surface area is 189 Å². The molecule has 1 saturated heterocycles. The molecule has 3 heterocycles. The highest BCUT2D eigenvalue weighted by atomic mass is 32.2. The summed E-state index contributed by atoms with van der Waals surface area (Å²) in [5, 5.41) is 13.7.